The number of benzene rings is 1. The van der Waals surface area contributed by atoms with Crippen molar-refractivity contribution in [1.82, 2.24) is 4.57 Å². The van der Waals surface area contributed by atoms with Gasteiger partial charge in [0.15, 0.2) is 0 Å². The van der Waals surface area contributed by atoms with Gasteiger partial charge in [0.1, 0.15) is 18.8 Å². The first-order valence-corrected chi connectivity index (χ1v) is 6.64. The molecule has 1 heterocycles. The predicted octanol–water partition coefficient (Wildman–Crippen LogP) is -0.0555. The maximum atomic E-state index is 11.8. The summed E-state index contributed by atoms with van der Waals surface area (Å²) in [5.41, 5.74) is 7.63. The number of hydrogen-bond acceptors (Lipinski definition) is 5. The second kappa shape index (κ2) is 6.71. The molecule has 0 bridgehead atoms. The fourth-order valence-electron chi connectivity index (χ4n) is 2.14. The van der Waals surface area contributed by atoms with E-state index in [1.807, 2.05) is 30.5 Å². The molecule has 1 aromatic heterocycles. The van der Waals surface area contributed by atoms with Crippen molar-refractivity contribution in [2.24, 2.45) is 12.8 Å². The number of fused-ring (bicyclic) bond motifs is 1. The molecule has 21 heavy (non-hydrogen) atoms. The molecule has 6 heteroatoms. The molecule has 1 unspecified atom stereocenters. The lowest BCUT2D eigenvalue weighted by atomic mass is 10.1. The summed E-state index contributed by atoms with van der Waals surface area (Å²) in [6, 6.07) is 6.75. The van der Waals surface area contributed by atoms with Crippen LogP contribution >= 0.6 is 0 Å². The zero-order chi connectivity index (χ0) is 16.1. The largest absolute Gasteiger partial charge is 0.462 e. The van der Waals surface area contributed by atoms with E-state index >= 15 is 0 Å². The molecule has 6 nitrogen and oxygen atoms in total. The molecule has 0 amide bonds. The molecule has 0 saturated carbocycles. The number of aromatic nitrogens is 1. The Hall–Kier alpha value is -1.89. The topological polar surface area (TPSA) is 97.7 Å². The van der Waals surface area contributed by atoms with E-state index in [2.05, 4.69) is 0 Å². The number of nitrogens with two attached hydrogens (primary N) is 1. The molecule has 2 atom stereocenters. The first-order valence-electron chi connectivity index (χ1n) is 7.34. The number of carbonyl (C=O) groups excluding carboxylic acids is 1. The molecule has 2 rings (SSSR count). The van der Waals surface area contributed by atoms with Gasteiger partial charge in [0, 0.05) is 31.9 Å². The van der Waals surface area contributed by atoms with E-state index in [0.29, 0.717) is 0 Å². The monoisotopic (exact) mass is 293 g/mol. The molecule has 0 fully saturated rings. The Balaban J connectivity index is 2.08. The minimum absolute atomic E-state index is 0.0862. The number of ether oxygens (including phenoxy) is 1. The third-order valence-corrected chi connectivity index (χ3v) is 3.24. The Morgan fingerprint density at radius 1 is 1.52 bits per heavy atom. The average Bonchev–Trinajstić information content (AvgIpc) is 2.90. The molecule has 0 spiro atoms. The molecule has 2 aromatic rings. The van der Waals surface area contributed by atoms with Gasteiger partial charge in [-0.1, -0.05) is 18.2 Å². The summed E-state index contributed by atoms with van der Waals surface area (Å²) in [4.78, 5) is 11.8. The predicted molar refractivity (Wildman–Crippen MR) is 78.7 cm³/mol. The van der Waals surface area contributed by atoms with Crippen LogP contribution in [0.3, 0.4) is 0 Å². The normalized spacial score (nSPS) is 14.7. The van der Waals surface area contributed by atoms with Crippen molar-refractivity contribution in [3.8, 4) is 0 Å². The van der Waals surface area contributed by atoms with Crippen molar-refractivity contribution in [3.63, 3.8) is 0 Å². The summed E-state index contributed by atoms with van der Waals surface area (Å²) in [5.74, 6) is -0.629. The van der Waals surface area contributed by atoms with E-state index < -0.39 is 24.7 Å². The number of carbonyl (C=O) groups is 1. The van der Waals surface area contributed by atoms with Crippen LogP contribution in [0, 0.1) is 0 Å². The summed E-state index contributed by atoms with van der Waals surface area (Å²) in [6.07, 6.45) is 0.996. The third kappa shape index (κ3) is 3.60. The Kier molecular flexibility index (Phi) is 4.49. The number of aliphatic hydroxyl groups is 2. The number of hydrogen-bond donors (Lipinski definition) is 3. The summed E-state index contributed by atoms with van der Waals surface area (Å²) in [7, 11) is 0.0862. The maximum Gasteiger partial charge on any atom is 0.323 e. The van der Waals surface area contributed by atoms with E-state index in [1.54, 1.807) is 4.57 Å². The van der Waals surface area contributed by atoms with Gasteiger partial charge < -0.3 is 25.3 Å². The fourth-order valence-corrected chi connectivity index (χ4v) is 2.14. The zero-order valence-electron chi connectivity index (χ0n) is 12.6. The van der Waals surface area contributed by atoms with Crippen LogP contribution < -0.4 is 5.73 Å². The van der Waals surface area contributed by atoms with Gasteiger partial charge in [-0.25, -0.2) is 0 Å². The summed E-state index contributed by atoms with van der Waals surface area (Å²) < 4.78 is 14.2. The lowest BCUT2D eigenvalue weighted by Crippen LogP contribution is -2.36. The standard InChI is InChI=1S/C15H20N2O4/c1-17-7-10(12-4-2-3-5-14(12)17)6-13(16)15(20)21-9-11(19)8-18/h2-5,7,11,13,18-19H,6,8-9,16H2,1H3/t11?,13-/m0/s1/i1D. The van der Waals surface area contributed by atoms with Crippen LogP contribution in [0.25, 0.3) is 10.9 Å². The first kappa shape index (κ1) is 14.1. The van der Waals surface area contributed by atoms with Crippen molar-refractivity contribution in [2.45, 2.75) is 18.6 Å². The second-order valence-corrected chi connectivity index (χ2v) is 4.92. The zero-order valence-corrected chi connectivity index (χ0v) is 11.6. The van der Waals surface area contributed by atoms with Gasteiger partial charge in [-0.3, -0.25) is 4.79 Å². The molecular formula is C15H20N2O4. The Morgan fingerprint density at radius 2 is 2.29 bits per heavy atom. The van der Waals surface area contributed by atoms with Crippen LogP contribution in [0.1, 0.15) is 6.93 Å². The smallest absolute Gasteiger partial charge is 0.323 e. The van der Waals surface area contributed by atoms with Gasteiger partial charge in [0.2, 0.25) is 0 Å². The highest BCUT2D eigenvalue weighted by molar-refractivity contribution is 5.85. The molecule has 0 saturated heterocycles. The van der Waals surface area contributed by atoms with Crippen LogP contribution in [0.15, 0.2) is 30.5 Å². The van der Waals surface area contributed by atoms with Crippen molar-refractivity contribution in [2.75, 3.05) is 13.2 Å². The van der Waals surface area contributed by atoms with Gasteiger partial charge in [-0.15, -0.1) is 0 Å². The highest BCUT2D eigenvalue weighted by atomic mass is 16.5. The van der Waals surface area contributed by atoms with Gasteiger partial charge in [-0.2, -0.15) is 0 Å². The van der Waals surface area contributed by atoms with Crippen molar-refractivity contribution >= 4 is 16.9 Å². The summed E-state index contributed by atoms with van der Waals surface area (Å²) >= 11 is 0. The Labute approximate surface area is 124 Å². The highest BCUT2D eigenvalue weighted by Gasteiger charge is 2.19. The molecule has 0 aliphatic carbocycles. The Morgan fingerprint density at radius 3 is 3.00 bits per heavy atom. The van der Waals surface area contributed by atoms with Crippen molar-refractivity contribution in [3.05, 3.63) is 36.0 Å². The average molecular weight is 293 g/mol. The number of para-hydroxylation sites is 1. The minimum Gasteiger partial charge on any atom is -0.462 e. The van der Waals surface area contributed by atoms with Crippen LogP contribution in [-0.2, 0) is 23.0 Å². The lowest BCUT2D eigenvalue weighted by molar-refractivity contribution is -0.148. The van der Waals surface area contributed by atoms with E-state index in [4.69, 9.17) is 22.1 Å². The van der Waals surface area contributed by atoms with E-state index in [-0.39, 0.29) is 20.1 Å². The number of rotatable bonds is 6. The van der Waals surface area contributed by atoms with E-state index in [1.165, 1.54) is 0 Å². The molecule has 0 aliphatic heterocycles. The molecule has 1 aromatic carbocycles. The van der Waals surface area contributed by atoms with E-state index in [0.717, 1.165) is 16.5 Å². The minimum atomic E-state index is -1.10. The summed E-state index contributed by atoms with van der Waals surface area (Å²) in [6.45, 7) is -0.753. The lowest BCUT2D eigenvalue weighted by Gasteiger charge is -2.13. The van der Waals surface area contributed by atoms with Gasteiger partial charge in [0.25, 0.3) is 0 Å². The molecule has 0 radical (unpaired) electrons. The Bertz CT molecular complexity index is 644. The van der Waals surface area contributed by atoms with E-state index in [9.17, 15) is 4.79 Å². The van der Waals surface area contributed by atoms with Crippen LogP contribution in [0.2, 0.25) is 0 Å². The quantitative estimate of drug-likeness (QED) is 0.648. The first-order chi connectivity index (χ1) is 10.6. The van der Waals surface area contributed by atoms with Gasteiger partial charge in [0.05, 0.1) is 6.61 Å². The van der Waals surface area contributed by atoms with Crippen LogP contribution in [-0.4, -0.2) is 46.1 Å². The SMILES string of the molecule is [2H]Cn1cc(C[C@H](N)C(=O)OCC(O)CO)c2ccccc21. The summed E-state index contributed by atoms with van der Waals surface area (Å²) in [5, 5.41) is 18.8. The van der Waals surface area contributed by atoms with Crippen LogP contribution in [0.4, 0.5) is 0 Å². The molecule has 114 valence electrons. The number of aryl methyl sites for hydroxylation is 1. The maximum absolute atomic E-state index is 11.8. The number of aliphatic hydroxyl groups excluding tert-OH is 2. The van der Waals surface area contributed by atoms with Crippen molar-refractivity contribution in [1.29, 1.82) is 0 Å². The third-order valence-electron chi connectivity index (χ3n) is 3.24. The van der Waals surface area contributed by atoms with Crippen molar-refractivity contribution < 1.29 is 21.1 Å². The van der Waals surface area contributed by atoms with Gasteiger partial charge >= 0.3 is 5.97 Å². The number of esters is 1. The molecule has 4 N–H and O–H groups in total. The van der Waals surface area contributed by atoms with Gasteiger partial charge in [-0.05, 0) is 11.6 Å². The van der Waals surface area contributed by atoms with Crippen LogP contribution in [0.5, 0.6) is 0 Å². The second-order valence-electron chi connectivity index (χ2n) is 4.92. The highest BCUT2D eigenvalue weighted by Crippen LogP contribution is 2.21. The fraction of sp³-hybridized carbons (Fsp3) is 0.400. The molecule has 0 aliphatic rings. The number of nitrogens with zero attached hydrogens (tertiary/aromatic N) is 1. The molecular weight excluding hydrogens is 272 g/mol.